The van der Waals surface area contributed by atoms with Gasteiger partial charge in [0, 0.05) is 12.1 Å². The third-order valence-electron chi connectivity index (χ3n) is 2.21. The Morgan fingerprint density at radius 1 is 1.35 bits per heavy atom. The molecule has 0 saturated heterocycles. The normalized spacial score (nSPS) is 13.2. The van der Waals surface area contributed by atoms with Gasteiger partial charge in [-0.25, -0.2) is 0 Å². The molecule has 4 nitrogen and oxygen atoms in total. The maximum absolute atomic E-state index is 10.6. The predicted octanol–water partition coefficient (Wildman–Crippen LogP) is 1.70. The Balaban J connectivity index is 2.85. The number of rotatable bonds is 5. The number of amides is 1. The Bertz CT molecular complexity index is 355. The summed E-state index contributed by atoms with van der Waals surface area (Å²) in [6, 6.07) is 7.69. The maximum Gasteiger partial charge on any atom is 0.209 e. The van der Waals surface area contributed by atoms with E-state index >= 15 is 0 Å². The minimum atomic E-state index is -0.431. The summed E-state index contributed by atoms with van der Waals surface area (Å²) in [7, 11) is 0. The van der Waals surface area contributed by atoms with Crippen molar-refractivity contribution in [3.05, 3.63) is 35.4 Å². The highest BCUT2D eigenvalue weighted by molar-refractivity contribution is 5.47. The van der Waals surface area contributed by atoms with Crippen molar-refractivity contribution in [2.75, 3.05) is 0 Å². The molecule has 0 aliphatic carbocycles. The highest BCUT2D eigenvalue weighted by Crippen LogP contribution is 2.21. The van der Waals surface area contributed by atoms with Crippen LogP contribution in [0.1, 0.15) is 38.1 Å². The van der Waals surface area contributed by atoms with Crippen LogP contribution < -0.4 is 11.1 Å². The Morgan fingerprint density at radius 2 is 1.94 bits per heavy atom. The Labute approximate surface area is 102 Å². The zero-order valence-electron chi connectivity index (χ0n) is 10.6. The van der Waals surface area contributed by atoms with Crippen molar-refractivity contribution in [1.82, 2.24) is 5.32 Å². The first-order valence-corrected chi connectivity index (χ1v) is 5.62. The van der Waals surface area contributed by atoms with E-state index in [0.717, 1.165) is 11.1 Å². The van der Waals surface area contributed by atoms with Crippen molar-refractivity contribution in [2.45, 2.75) is 39.1 Å². The third kappa shape index (κ3) is 4.54. The fourth-order valence-corrected chi connectivity index (χ4v) is 1.44. The average molecular weight is 236 g/mol. The van der Waals surface area contributed by atoms with E-state index in [2.05, 4.69) is 5.32 Å². The van der Waals surface area contributed by atoms with Gasteiger partial charge in [-0.05, 0) is 26.3 Å². The average Bonchev–Trinajstić information content (AvgIpc) is 2.27. The lowest BCUT2D eigenvalue weighted by molar-refractivity contribution is -0.120. The molecule has 94 valence electrons. The van der Waals surface area contributed by atoms with Gasteiger partial charge < -0.3 is 15.8 Å². The van der Waals surface area contributed by atoms with Crippen LogP contribution in [0, 0.1) is 0 Å². The summed E-state index contributed by atoms with van der Waals surface area (Å²) in [5.41, 5.74) is 7.16. The second-order valence-electron chi connectivity index (χ2n) is 4.84. The zero-order valence-corrected chi connectivity index (χ0v) is 10.6. The molecule has 0 heterocycles. The van der Waals surface area contributed by atoms with Crippen molar-refractivity contribution in [3.63, 3.8) is 0 Å². The minimum absolute atomic E-state index is 0.326. The number of nitrogens with two attached hydrogens (primary N) is 1. The van der Waals surface area contributed by atoms with E-state index in [1.54, 1.807) is 0 Å². The molecule has 1 unspecified atom stereocenters. The summed E-state index contributed by atoms with van der Waals surface area (Å²) in [4.78, 5) is 10.6. The molecule has 0 bridgehead atoms. The Morgan fingerprint density at radius 3 is 2.35 bits per heavy atom. The number of ether oxygens (including phenoxy) is 1. The monoisotopic (exact) mass is 236 g/mol. The molecule has 1 aromatic carbocycles. The summed E-state index contributed by atoms with van der Waals surface area (Å²) in [5.74, 6) is 0. The predicted molar refractivity (Wildman–Crippen MR) is 67.1 cm³/mol. The van der Waals surface area contributed by atoms with Crippen LogP contribution in [-0.2, 0) is 16.1 Å². The topological polar surface area (TPSA) is 64.3 Å². The van der Waals surface area contributed by atoms with Crippen molar-refractivity contribution >= 4 is 6.41 Å². The Kier molecular flexibility index (Phi) is 4.66. The van der Waals surface area contributed by atoms with Gasteiger partial charge in [0.2, 0.25) is 6.41 Å². The standard InChI is InChI=1S/C13H20N2O2/c1-13(2,3)17-12(15-9-16)11-6-4-10(8-14)5-7-11/h4-7,9,12H,8,14H2,1-3H3,(H,15,16). The SMILES string of the molecule is CC(C)(C)OC(NC=O)c1ccc(CN)cc1. The fourth-order valence-electron chi connectivity index (χ4n) is 1.44. The van der Waals surface area contributed by atoms with Crippen LogP contribution in [-0.4, -0.2) is 12.0 Å². The lowest BCUT2D eigenvalue weighted by atomic mass is 10.1. The van der Waals surface area contributed by atoms with Gasteiger partial charge in [0.1, 0.15) is 0 Å². The quantitative estimate of drug-likeness (QED) is 0.604. The van der Waals surface area contributed by atoms with E-state index in [9.17, 15) is 4.79 Å². The number of carbonyl (C=O) groups is 1. The smallest absolute Gasteiger partial charge is 0.209 e. The van der Waals surface area contributed by atoms with Crippen LogP contribution in [0.3, 0.4) is 0 Å². The van der Waals surface area contributed by atoms with Crippen LogP contribution in [0.4, 0.5) is 0 Å². The van der Waals surface area contributed by atoms with E-state index in [1.165, 1.54) is 0 Å². The summed E-state index contributed by atoms with van der Waals surface area (Å²) in [6.07, 6.45) is 0.215. The zero-order chi connectivity index (χ0) is 12.9. The number of nitrogens with one attached hydrogen (secondary N) is 1. The van der Waals surface area contributed by atoms with E-state index < -0.39 is 6.23 Å². The summed E-state index contributed by atoms with van der Waals surface area (Å²) in [5, 5.41) is 2.66. The molecule has 3 N–H and O–H groups in total. The number of hydrogen-bond donors (Lipinski definition) is 2. The van der Waals surface area contributed by atoms with E-state index in [-0.39, 0.29) is 5.60 Å². The first-order valence-electron chi connectivity index (χ1n) is 5.62. The molecule has 1 amide bonds. The molecule has 1 rings (SSSR count). The second kappa shape index (κ2) is 5.80. The molecule has 0 aromatic heterocycles. The van der Waals surface area contributed by atoms with Crippen LogP contribution in [0.15, 0.2) is 24.3 Å². The number of hydrogen-bond acceptors (Lipinski definition) is 3. The maximum atomic E-state index is 10.6. The van der Waals surface area contributed by atoms with E-state index in [4.69, 9.17) is 10.5 Å². The van der Waals surface area contributed by atoms with Gasteiger partial charge in [-0.3, -0.25) is 4.79 Å². The second-order valence-corrected chi connectivity index (χ2v) is 4.84. The van der Waals surface area contributed by atoms with Gasteiger partial charge >= 0.3 is 0 Å². The lowest BCUT2D eigenvalue weighted by Crippen LogP contribution is -2.31. The molecule has 1 aromatic rings. The van der Waals surface area contributed by atoms with Gasteiger partial charge in [0.05, 0.1) is 5.60 Å². The fraction of sp³-hybridized carbons (Fsp3) is 0.462. The van der Waals surface area contributed by atoms with Crippen LogP contribution in [0.5, 0.6) is 0 Å². The third-order valence-corrected chi connectivity index (χ3v) is 2.21. The van der Waals surface area contributed by atoms with Crippen molar-refractivity contribution in [3.8, 4) is 0 Å². The number of benzene rings is 1. The van der Waals surface area contributed by atoms with Gasteiger partial charge in [-0.2, -0.15) is 0 Å². The van der Waals surface area contributed by atoms with Crippen LogP contribution in [0.2, 0.25) is 0 Å². The van der Waals surface area contributed by atoms with E-state index in [1.807, 2.05) is 45.0 Å². The molecule has 0 fully saturated rings. The van der Waals surface area contributed by atoms with E-state index in [0.29, 0.717) is 13.0 Å². The summed E-state index contributed by atoms with van der Waals surface area (Å²) in [6.45, 7) is 6.34. The molecule has 0 radical (unpaired) electrons. The molecule has 1 atom stereocenters. The molecule has 0 spiro atoms. The van der Waals surface area contributed by atoms with Crippen LogP contribution in [0.25, 0.3) is 0 Å². The summed E-state index contributed by atoms with van der Waals surface area (Å²) >= 11 is 0. The largest absolute Gasteiger partial charge is 0.349 e. The molecular formula is C13H20N2O2. The van der Waals surface area contributed by atoms with Crippen molar-refractivity contribution in [1.29, 1.82) is 0 Å². The molecule has 0 aliphatic rings. The first-order chi connectivity index (χ1) is 7.96. The van der Waals surface area contributed by atoms with Crippen LogP contribution >= 0.6 is 0 Å². The molecule has 0 saturated carbocycles. The number of carbonyl (C=O) groups excluding carboxylic acids is 1. The molecular weight excluding hydrogens is 216 g/mol. The molecule has 4 heteroatoms. The van der Waals surface area contributed by atoms with Gasteiger partial charge in [0.25, 0.3) is 0 Å². The highest BCUT2D eigenvalue weighted by atomic mass is 16.5. The Hall–Kier alpha value is -1.39. The molecule has 17 heavy (non-hydrogen) atoms. The van der Waals surface area contributed by atoms with Gasteiger partial charge in [0.15, 0.2) is 6.23 Å². The summed E-state index contributed by atoms with van der Waals surface area (Å²) < 4.78 is 5.76. The lowest BCUT2D eigenvalue weighted by Gasteiger charge is -2.27. The highest BCUT2D eigenvalue weighted by Gasteiger charge is 2.19. The first kappa shape index (κ1) is 13.7. The van der Waals surface area contributed by atoms with Gasteiger partial charge in [-0.15, -0.1) is 0 Å². The molecule has 0 aliphatic heterocycles. The van der Waals surface area contributed by atoms with Crippen molar-refractivity contribution in [2.24, 2.45) is 5.73 Å². The van der Waals surface area contributed by atoms with Crippen molar-refractivity contribution < 1.29 is 9.53 Å². The van der Waals surface area contributed by atoms with Gasteiger partial charge in [-0.1, -0.05) is 24.3 Å². The minimum Gasteiger partial charge on any atom is -0.349 e.